The number of nitrogens with zero attached hydrogens (tertiary/aromatic N) is 3. The average Bonchev–Trinajstić information content (AvgIpc) is 2.28. The Morgan fingerprint density at radius 2 is 2.22 bits per heavy atom. The highest BCUT2D eigenvalue weighted by Gasteiger charge is 2.05. The van der Waals surface area contributed by atoms with Crippen LogP contribution < -0.4 is 5.32 Å². The van der Waals surface area contributed by atoms with Crippen LogP contribution in [0.4, 0.5) is 5.82 Å². The van der Waals surface area contributed by atoms with Crippen molar-refractivity contribution in [2.75, 3.05) is 26.0 Å². The van der Waals surface area contributed by atoms with Crippen LogP contribution in [0.25, 0.3) is 11.0 Å². The first-order chi connectivity index (χ1) is 8.54. The normalized spacial score (nSPS) is 10.9. The number of aromatic nitrogens is 2. The summed E-state index contributed by atoms with van der Waals surface area (Å²) in [7, 11) is 3.68. The van der Waals surface area contributed by atoms with Crippen LogP contribution in [0.2, 0.25) is 0 Å². The molecule has 0 atom stereocenters. The van der Waals surface area contributed by atoms with E-state index in [4.69, 9.17) is 0 Å². The van der Waals surface area contributed by atoms with E-state index >= 15 is 0 Å². The summed E-state index contributed by atoms with van der Waals surface area (Å²) in [5.74, 6) is 0.424. The predicted octanol–water partition coefficient (Wildman–Crippen LogP) is 1.89. The van der Waals surface area contributed by atoms with Crippen molar-refractivity contribution in [3.63, 3.8) is 0 Å². The smallest absolute Gasteiger partial charge is 0.239 e. The van der Waals surface area contributed by atoms with Gasteiger partial charge in [-0.2, -0.15) is 0 Å². The zero-order chi connectivity index (χ0) is 13.1. The molecule has 0 aliphatic rings. The third-order valence-electron chi connectivity index (χ3n) is 2.24. The maximum Gasteiger partial charge on any atom is 0.239 e. The van der Waals surface area contributed by atoms with Crippen molar-refractivity contribution in [2.45, 2.75) is 0 Å². The molecule has 0 fully saturated rings. The summed E-state index contributed by atoms with van der Waals surface area (Å²) in [6, 6.07) is 5.58. The van der Waals surface area contributed by atoms with Gasteiger partial charge in [-0.05, 0) is 48.2 Å². The fourth-order valence-corrected chi connectivity index (χ4v) is 1.87. The molecule has 0 spiro atoms. The molecule has 0 unspecified atom stereocenters. The van der Waals surface area contributed by atoms with Crippen LogP contribution in [-0.4, -0.2) is 41.4 Å². The van der Waals surface area contributed by atoms with Crippen molar-refractivity contribution >= 4 is 38.7 Å². The molecule has 94 valence electrons. The minimum Gasteiger partial charge on any atom is -0.310 e. The molecule has 1 amide bonds. The maximum absolute atomic E-state index is 11.6. The van der Waals surface area contributed by atoms with Crippen LogP contribution in [0.1, 0.15) is 0 Å². The molecule has 0 aromatic carbocycles. The summed E-state index contributed by atoms with van der Waals surface area (Å²) in [4.78, 5) is 21.9. The third-order valence-corrected chi connectivity index (χ3v) is 2.67. The molecule has 0 bridgehead atoms. The van der Waals surface area contributed by atoms with E-state index in [1.807, 2.05) is 26.2 Å². The molecule has 1 N–H and O–H groups in total. The van der Waals surface area contributed by atoms with Crippen molar-refractivity contribution in [1.82, 2.24) is 14.9 Å². The minimum atomic E-state index is -0.0936. The second kappa shape index (κ2) is 5.41. The number of anilines is 1. The summed E-state index contributed by atoms with van der Waals surface area (Å²) in [6.45, 7) is 0.327. The van der Waals surface area contributed by atoms with E-state index in [0.717, 1.165) is 9.86 Å². The van der Waals surface area contributed by atoms with Gasteiger partial charge in [0.1, 0.15) is 5.82 Å². The fourth-order valence-electron chi connectivity index (χ4n) is 1.52. The number of rotatable bonds is 3. The first-order valence-corrected chi connectivity index (χ1v) is 6.21. The summed E-state index contributed by atoms with van der Waals surface area (Å²) in [5, 5.41) is 3.66. The van der Waals surface area contributed by atoms with Gasteiger partial charge in [0, 0.05) is 16.1 Å². The highest BCUT2D eigenvalue weighted by atomic mass is 79.9. The third kappa shape index (κ3) is 3.24. The lowest BCUT2D eigenvalue weighted by Crippen LogP contribution is -2.27. The van der Waals surface area contributed by atoms with Crippen molar-refractivity contribution < 1.29 is 4.79 Å². The number of likely N-dealkylation sites (N-methyl/N-ethyl adjacent to an activating group) is 1. The molecule has 0 saturated carbocycles. The molecule has 6 heteroatoms. The topological polar surface area (TPSA) is 58.1 Å². The van der Waals surface area contributed by atoms with Gasteiger partial charge in [0.25, 0.3) is 0 Å². The van der Waals surface area contributed by atoms with Gasteiger partial charge < -0.3 is 10.2 Å². The Kier molecular flexibility index (Phi) is 3.88. The number of amides is 1. The Balaban J connectivity index is 2.20. The minimum absolute atomic E-state index is 0.0936. The lowest BCUT2D eigenvalue weighted by molar-refractivity contribution is -0.116. The van der Waals surface area contributed by atoms with E-state index in [2.05, 4.69) is 31.2 Å². The molecule has 2 heterocycles. The number of hydrogen-bond acceptors (Lipinski definition) is 4. The van der Waals surface area contributed by atoms with Crippen LogP contribution in [0.15, 0.2) is 28.9 Å². The first kappa shape index (κ1) is 12.9. The maximum atomic E-state index is 11.6. The number of carbonyl (C=O) groups excluding carboxylic acids is 1. The summed E-state index contributed by atoms with van der Waals surface area (Å²) >= 11 is 3.35. The van der Waals surface area contributed by atoms with Crippen LogP contribution in [0.3, 0.4) is 0 Å². The summed E-state index contributed by atoms with van der Waals surface area (Å²) in [5.41, 5.74) is 0.612. The molecule has 0 aliphatic heterocycles. The van der Waals surface area contributed by atoms with Gasteiger partial charge in [-0.25, -0.2) is 9.97 Å². The van der Waals surface area contributed by atoms with Crippen LogP contribution >= 0.6 is 15.9 Å². The Morgan fingerprint density at radius 1 is 1.44 bits per heavy atom. The van der Waals surface area contributed by atoms with Gasteiger partial charge in [-0.15, -0.1) is 0 Å². The number of nitrogens with one attached hydrogen (secondary N) is 1. The second-order valence-corrected chi connectivity index (χ2v) is 5.10. The summed E-state index contributed by atoms with van der Waals surface area (Å²) in [6.07, 6.45) is 1.68. The Hall–Kier alpha value is -1.53. The standard InChI is InChI=1S/C12H13BrN4O/c1-17(2)7-11(18)15-10-4-3-8-5-9(13)6-14-12(8)16-10/h3-6H,7H2,1-2H3,(H,14,15,16,18). The van der Waals surface area contributed by atoms with Gasteiger partial charge in [-0.3, -0.25) is 4.79 Å². The second-order valence-electron chi connectivity index (χ2n) is 4.18. The lowest BCUT2D eigenvalue weighted by Gasteiger charge is -2.09. The van der Waals surface area contributed by atoms with Gasteiger partial charge >= 0.3 is 0 Å². The van der Waals surface area contributed by atoms with Crippen LogP contribution in [0, 0.1) is 0 Å². The monoisotopic (exact) mass is 308 g/mol. The van der Waals surface area contributed by atoms with E-state index in [0.29, 0.717) is 18.0 Å². The van der Waals surface area contributed by atoms with E-state index in [9.17, 15) is 4.79 Å². The number of halogens is 1. The highest BCUT2D eigenvalue weighted by molar-refractivity contribution is 9.10. The summed E-state index contributed by atoms with van der Waals surface area (Å²) < 4.78 is 0.904. The highest BCUT2D eigenvalue weighted by Crippen LogP contribution is 2.17. The Morgan fingerprint density at radius 3 is 2.94 bits per heavy atom. The average molecular weight is 309 g/mol. The molecular weight excluding hydrogens is 296 g/mol. The first-order valence-electron chi connectivity index (χ1n) is 5.41. The zero-order valence-corrected chi connectivity index (χ0v) is 11.7. The predicted molar refractivity (Wildman–Crippen MR) is 74.4 cm³/mol. The zero-order valence-electron chi connectivity index (χ0n) is 10.1. The fraction of sp³-hybridized carbons (Fsp3) is 0.250. The van der Waals surface area contributed by atoms with Crippen molar-refractivity contribution in [3.05, 3.63) is 28.9 Å². The van der Waals surface area contributed by atoms with E-state index < -0.39 is 0 Å². The number of hydrogen-bond donors (Lipinski definition) is 1. The van der Waals surface area contributed by atoms with E-state index in [1.165, 1.54) is 0 Å². The largest absolute Gasteiger partial charge is 0.310 e. The Labute approximate surface area is 113 Å². The molecule has 2 aromatic rings. The molecule has 0 aliphatic carbocycles. The van der Waals surface area contributed by atoms with Crippen molar-refractivity contribution in [2.24, 2.45) is 0 Å². The van der Waals surface area contributed by atoms with Gasteiger partial charge in [0.2, 0.25) is 5.91 Å². The number of carbonyl (C=O) groups is 1. The van der Waals surface area contributed by atoms with Gasteiger partial charge in [-0.1, -0.05) is 0 Å². The van der Waals surface area contributed by atoms with Gasteiger partial charge in [0.05, 0.1) is 6.54 Å². The lowest BCUT2D eigenvalue weighted by atomic mass is 10.3. The molecular formula is C12H13BrN4O. The quantitative estimate of drug-likeness (QED) is 0.941. The van der Waals surface area contributed by atoms with E-state index in [-0.39, 0.29) is 5.91 Å². The molecule has 18 heavy (non-hydrogen) atoms. The van der Waals surface area contributed by atoms with Crippen LogP contribution in [-0.2, 0) is 4.79 Å². The molecule has 0 saturated heterocycles. The number of pyridine rings is 2. The Bertz CT molecular complexity index is 585. The van der Waals surface area contributed by atoms with Crippen molar-refractivity contribution in [1.29, 1.82) is 0 Å². The SMILES string of the molecule is CN(C)CC(=O)Nc1ccc2cc(Br)cnc2n1. The molecule has 5 nitrogen and oxygen atoms in total. The molecule has 2 aromatic heterocycles. The van der Waals surface area contributed by atoms with Gasteiger partial charge in [0.15, 0.2) is 5.65 Å². The number of fused-ring (bicyclic) bond motifs is 1. The van der Waals surface area contributed by atoms with E-state index in [1.54, 1.807) is 17.2 Å². The molecule has 0 radical (unpaired) electrons. The van der Waals surface area contributed by atoms with Crippen LogP contribution in [0.5, 0.6) is 0 Å². The van der Waals surface area contributed by atoms with Crippen molar-refractivity contribution in [3.8, 4) is 0 Å². The molecule has 2 rings (SSSR count).